The molecule has 3 heteroatoms. The number of aromatic nitrogens is 2. The summed E-state index contributed by atoms with van der Waals surface area (Å²) in [5.74, 6) is 0. The molecule has 2 heterocycles. The molecule has 0 aliphatic rings. The number of pyridine rings is 1. The van der Waals surface area contributed by atoms with E-state index in [9.17, 15) is 0 Å². The Morgan fingerprint density at radius 1 is 0.818 bits per heavy atom. The Morgan fingerprint density at radius 2 is 1.64 bits per heavy atom. The molecule has 0 fully saturated rings. The maximum Gasteiger partial charge on any atom is 0.0791 e. The van der Waals surface area contributed by atoms with Crippen molar-refractivity contribution in [2.45, 2.75) is 0 Å². The maximum atomic E-state index is 3.78. The standard InChI is InChI=1S/C5H5N.C3H3NS/c1-2-4-6-5-3-1;1-2-5-3-4-1/h1-5H;1-3H. The van der Waals surface area contributed by atoms with E-state index >= 15 is 0 Å². The van der Waals surface area contributed by atoms with E-state index in [1.165, 1.54) is 0 Å². The molecule has 2 rings (SSSR count). The summed E-state index contributed by atoms with van der Waals surface area (Å²) in [6.07, 6.45) is 5.27. The van der Waals surface area contributed by atoms with Gasteiger partial charge in [-0.15, -0.1) is 11.3 Å². The van der Waals surface area contributed by atoms with Crippen LogP contribution in [0.25, 0.3) is 0 Å². The van der Waals surface area contributed by atoms with Crippen LogP contribution in [0.2, 0.25) is 0 Å². The molecule has 2 aromatic heterocycles. The molecule has 0 amide bonds. The third kappa shape index (κ3) is 4.22. The van der Waals surface area contributed by atoms with Gasteiger partial charge in [0.25, 0.3) is 0 Å². The van der Waals surface area contributed by atoms with Gasteiger partial charge in [0.05, 0.1) is 5.51 Å². The summed E-state index contributed by atoms with van der Waals surface area (Å²) in [4.78, 5) is 7.53. The lowest BCUT2D eigenvalue weighted by molar-refractivity contribution is 1.33. The van der Waals surface area contributed by atoms with Crippen molar-refractivity contribution >= 4 is 11.3 Å². The van der Waals surface area contributed by atoms with Crippen LogP contribution in [0.3, 0.4) is 0 Å². The number of hydrogen-bond donors (Lipinski definition) is 0. The van der Waals surface area contributed by atoms with Crippen LogP contribution in [-0.2, 0) is 0 Å². The molecule has 0 aliphatic heterocycles. The summed E-state index contributed by atoms with van der Waals surface area (Å²) in [6, 6.07) is 5.72. The average Bonchev–Trinajstić information content (AvgIpc) is 2.64. The van der Waals surface area contributed by atoms with Gasteiger partial charge in [0.2, 0.25) is 0 Å². The van der Waals surface area contributed by atoms with Crippen molar-refractivity contribution in [3.8, 4) is 0 Å². The van der Waals surface area contributed by atoms with Crippen LogP contribution in [-0.4, -0.2) is 9.97 Å². The first-order valence-corrected chi connectivity index (χ1v) is 4.11. The minimum absolute atomic E-state index is 1.60. The molecule has 0 N–H and O–H groups in total. The Labute approximate surface area is 69.6 Å². The van der Waals surface area contributed by atoms with E-state index in [4.69, 9.17) is 0 Å². The van der Waals surface area contributed by atoms with Crippen molar-refractivity contribution in [1.82, 2.24) is 9.97 Å². The molecule has 0 saturated carbocycles. The molecule has 2 aromatic rings. The Morgan fingerprint density at radius 3 is 1.82 bits per heavy atom. The molecule has 0 aromatic carbocycles. The molecule has 0 radical (unpaired) electrons. The zero-order valence-corrected chi connectivity index (χ0v) is 6.74. The van der Waals surface area contributed by atoms with Crippen LogP contribution in [0.15, 0.2) is 47.7 Å². The normalized spacial score (nSPS) is 8.00. The van der Waals surface area contributed by atoms with E-state index < -0.39 is 0 Å². The lowest BCUT2D eigenvalue weighted by atomic mass is 10.5. The van der Waals surface area contributed by atoms with Crippen LogP contribution < -0.4 is 0 Å². The first kappa shape index (κ1) is 7.88. The summed E-state index contributed by atoms with van der Waals surface area (Å²) >= 11 is 1.60. The predicted octanol–water partition coefficient (Wildman–Crippen LogP) is 2.22. The second-order valence-corrected chi connectivity index (χ2v) is 2.46. The summed E-state index contributed by atoms with van der Waals surface area (Å²) in [5.41, 5.74) is 1.79. The van der Waals surface area contributed by atoms with Crippen molar-refractivity contribution in [3.63, 3.8) is 0 Å². The highest BCUT2D eigenvalue weighted by molar-refractivity contribution is 7.07. The summed E-state index contributed by atoms with van der Waals surface area (Å²) < 4.78 is 0. The van der Waals surface area contributed by atoms with Crippen molar-refractivity contribution in [2.24, 2.45) is 0 Å². The summed E-state index contributed by atoms with van der Waals surface area (Å²) in [6.45, 7) is 0. The fourth-order valence-electron chi connectivity index (χ4n) is 0.488. The number of hydrogen-bond acceptors (Lipinski definition) is 3. The Balaban J connectivity index is 0.000000112. The van der Waals surface area contributed by atoms with E-state index in [2.05, 4.69) is 9.97 Å². The molecule has 0 aliphatic carbocycles. The van der Waals surface area contributed by atoms with Gasteiger partial charge in [-0.05, 0) is 12.1 Å². The van der Waals surface area contributed by atoms with Gasteiger partial charge in [-0.1, -0.05) is 6.07 Å². The second-order valence-electron chi connectivity index (χ2n) is 1.70. The average molecular weight is 164 g/mol. The third-order valence-corrected chi connectivity index (χ3v) is 1.44. The monoisotopic (exact) mass is 164 g/mol. The van der Waals surface area contributed by atoms with Gasteiger partial charge in [0.15, 0.2) is 0 Å². The number of rotatable bonds is 0. The highest BCUT2D eigenvalue weighted by atomic mass is 32.1. The van der Waals surface area contributed by atoms with Crippen LogP contribution >= 0.6 is 11.3 Å². The predicted molar refractivity (Wildman–Crippen MR) is 46.4 cm³/mol. The summed E-state index contributed by atoms with van der Waals surface area (Å²) in [7, 11) is 0. The SMILES string of the molecule is c1ccncc1.c1cscn1. The minimum atomic E-state index is 1.60. The molecule has 0 saturated heterocycles. The fourth-order valence-corrected chi connectivity index (χ4v) is 0.840. The van der Waals surface area contributed by atoms with Crippen LogP contribution in [0.4, 0.5) is 0 Å². The lowest BCUT2D eigenvalue weighted by Gasteiger charge is -1.70. The van der Waals surface area contributed by atoms with Crippen molar-refractivity contribution < 1.29 is 0 Å². The Kier molecular flexibility index (Phi) is 3.98. The van der Waals surface area contributed by atoms with Gasteiger partial charge in [-0.25, -0.2) is 0 Å². The van der Waals surface area contributed by atoms with Crippen molar-refractivity contribution in [3.05, 3.63) is 47.7 Å². The van der Waals surface area contributed by atoms with Crippen LogP contribution in [0, 0.1) is 0 Å². The minimum Gasteiger partial charge on any atom is -0.265 e. The topological polar surface area (TPSA) is 25.8 Å². The largest absolute Gasteiger partial charge is 0.265 e. The van der Waals surface area contributed by atoms with Crippen molar-refractivity contribution in [2.75, 3.05) is 0 Å². The third-order valence-electron chi connectivity index (χ3n) is 0.914. The molecular formula is C8H8N2S. The highest BCUT2D eigenvalue weighted by Crippen LogP contribution is 1.85. The van der Waals surface area contributed by atoms with Crippen molar-refractivity contribution in [1.29, 1.82) is 0 Å². The van der Waals surface area contributed by atoms with Gasteiger partial charge < -0.3 is 0 Å². The van der Waals surface area contributed by atoms with E-state index in [-0.39, 0.29) is 0 Å². The number of nitrogens with zero attached hydrogens (tertiary/aromatic N) is 2. The van der Waals surface area contributed by atoms with Crippen LogP contribution in [0.5, 0.6) is 0 Å². The molecule has 0 bridgehead atoms. The van der Waals surface area contributed by atoms with E-state index in [0.717, 1.165) is 0 Å². The van der Waals surface area contributed by atoms with E-state index in [0.29, 0.717) is 0 Å². The Hall–Kier alpha value is -1.22. The molecule has 0 unspecified atom stereocenters. The molecular weight excluding hydrogens is 156 g/mol. The van der Waals surface area contributed by atoms with Gasteiger partial charge in [0, 0.05) is 24.0 Å². The molecule has 2 nitrogen and oxygen atoms in total. The number of thiazole rings is 1. The van der Waals surface area contributed by atoms with Gasteiger partial charge in [-0.3, -0.25) is 9.97 Å². The van der Waals surface area contributed by atoms with Crippen LogP contribution in [0.1, 0.15) is 0 Å². The van der Waals surface area contributed by atoms with Gasteiger partial charge in [0.1, 0.15) is 0 Å². The van der Waals surface area contributed by atoms with Gasteiger partial charge >= 0.3 is 0 Å². The van der Waals surface area contributed by atoms with E-state index in [1.54, 1.807) is 35.4 Å². The Bertz CT molecular complexity index is 198. The summed E-state index contributed by atoms with van der Waals surface area (Å²) in [5, 5.41) is 1.93. The quantitative estimate of drug-likeness (QED) is 0.596. The maximum absolute atomic E-state index is 3.78. The highest BCUT2D eigenvalue weighted by Gasteiger charge is 1.59. The zero-order chi connectivity index (χ0) is 7.78. The first-order chi connectivity index (χ1) is 5.50. The zero-order valence-electron chi connectivity index (χ0n) is 5.92. The molecule has 0 atom stereocenters. The molecule has 0 spiro atoms. The molecule has 11 heavy (non-hydrogen) atoms. The first-order valence-electron chi connectivity index (χ1n) is 3.17. The van der Waals surface area contributed by atoms with Gasteiger partial charge in [-0.2, -0.15) is 0 Å². The smallest absolute Gasteiger partial charge is 0.0791 e. The lowest BCUT2D eigenvalue weighted by Crippen LogP contribution is -1.58. The fraction of sp³-hybridized carbons (Fsp3) is 0. The van der Waals surface area contributed by atoms with E-state index in [1.807, 2.05) is 23.6 Å². The second kappa shape index (κ2) is 5.56. The molecule has 56 valence electrons.